The zero-order valence-corrected chi connectivity index (χ0v) is 12.8. The molecule has 0 radical (unpaired) electrons. The van der Waals surface area contributed by atoms with Gasteiger partial charge >= 0.3 is 0 Å². The van der Waals surface area contributed by atoms with Gasteiger partial charge in [-0.3, -0.25) is 0 Å². The van der Waals surface area contributed by atoms with E-state index in [0.717, 1.165) is 36.3 Å². The molecule has 1 aliphatic heterocycles. The molecule has 0 atom stereocenters. The number of anilines is 2. The van der Waals surface area contributed by atoms with Gasteiger partial charge in [-0.05, 0) is 45.8 Å². The minimum Gasteiger partial charge on any atom is -0.369 e. The van der Waals surface area contributed by atoms with Crippen molar-refractivity contribution in [3.63, 3.8) is 0 Å². The predicted octanol–water partition coefficient (Wildman–Crippen LogP) is 1.91. The fourth-order valence-corrected chi connectivity index (χ4v) is 2.82. The van der Waals surface area contributed by atoms with Crippen LogP contribution in [0.2, 0.25) is 0 Å². The van der Waals surface area contributed by atoms with Crippen LogP contribution in [0.4, 0.5) is 11.6 Å². The highest BCUT2D eigenvalue weighted by Gasteiger charge is 2.17. The maximum Gasteiger partial charge on any atom is 0.180 e. The van der Waals surface area contributed by atoms with Crippen molar-refractivity contribution in [2.45, 2.75) is 19.8 Å². The van der Waals surface area contributed by atoms with Crippen LogP contribution >= 0.6 is 0 Å². The Morgan fingerprint density at radius 3 is 2.86 bits per heavy atom. The smallest absolute Gasteiger partial charge is 0.180 e. The fraction of sp³-hybridized carbons (Fsp3) is 0.600. The summed E-state index contributed by atoms with van der Waals surface area (Å²) in [4.78, 5) is 11.4. The lowest BCUT2D eigenvalue weighted by atomic mass is 9.97. The number of nitrogens with zero attached hydrogens (tertiary/aromatic N) is 4. The predicted molar refractivity (Wildman–Crippen MR) is 85.9 cm³/mol. The van der Waals surface area contributed by atoms with Crippen LogP contribution in [0.1, 0.15) is 19.8 Å². The Bertz CT molecular complexity index is 585. The summed E-state index contributed by atoms with van der Waals surface area (Å²) in [5, 5.41) is 6.77. The van der Waals surface area contributed by atoms with Crippen LogP contribution in [0.25, 0.3) is 5.65 Å². The van der Waals surface area contributed by atoms with E-state index in [1.54, 1.807) is 0 Å². The third-order valence-electron chi connectivity index (χ3n) is 4.13. The van der Waals surface area contributed by atoms with E-state index < -0.39 is 0 Å². The molecule has 3 heterocycles. The zero-order valence-electron chi connectivity index (χ0n) is 12.8. The van der Waals surface area contributed by atoms with Crippen LogP contribution in [0, 0.1) is 5.92 Å². The Morgan fingerprint density at radius 1 is 1.29 bits per heavy atom. The summed E-state index contributed by atoms with van der Waals surface area (Å²) in [6, 6.07) is 0. The van der Waals surface area contributed by atoms with Gasteiger partial charge in [0.05, 0.1) is 6.20 Å². The molecule has 21 heavy (non-hydrogen) atoms. The number of hydrogen-bond donors (Lipinski definition) is 2. The number of aromatic nitrogens is 3. The Hall–Kier alpha value is -1.82. The Kier molecular flexibility index (Phi) is 4.24. The van der Waals surface area contributed by atoms with Crippen LogP contribution in [-0.4, -0.2) is 52.5 Å². The van der Waals surface area contributed by atoms with Gasteiger partial charge in [-0.25, -0.2) is 9.97 Å². The largest absolute Gasteiger partial charge is 0.369 e. The average molecular weight is 288 g/mol. The third-order valence-corrected chi connectivity index (χ3v) is 4.13. The van der Waals surface area contributed by atoms with Crippen LogP contribution in [0.5, 0.6) is 0 Å². The van der Waals surface area contributed by atoms with Crippen molar-refractivity contribution in [1.82, 2.24) is 19.3 Å². The van der Waals surface area contributed by atoms with E-state index in [4.69, 9.17) is 0 Å². The lowest BCUT2D eigenvalue weighted by molar-refractivity contribution is 0.226. The van der Waals surface area contributed by atoms with Crippen molar-refractivity contribution >= 4 is 17.3 Å². The zero-order chi connectivity index (χ0) is 14.7. The number of piperidine rings is 1. The number of likely N-dealkylation sites (tertiary alicyclic amines) is 1. The molecule has 0 spiro atoms. The van der Waals surface area contributed by atoms with Gasteiger partial charge in [-0.15, -0.1) is 0 Å². The molecule has 3 rings (SSSR count). The summed E-state index contributed by atoms with van der Waals surface area (Å²) in [6.07, 6.45) is 8.25. The molecule has 0 unspecified atom stereocenters. The number of fused-ring (bicyclic) bond motifs is 1. The van der Waals surface area contributed by atoms with Crippen LogP contribution in [-0.2, 0) is 0 Å². The van der Waals surface area contributed by atoms with E-state index >= 15 is 0 Å². The number of imidazole rings is 1. The summed E-state index contributed by atoms with van der Waals surface area (Å²) in [5.74, 6) is 2.48. The van der Waals surface area contributed by atoms with E-state index in [1.807, 2.05) is 23.0 Å². The Labute approximate surface area is 125 Å². The lowest BCUT2D eigenvalue weighted by Gasteiger charge is -2.29. The first-order chi connectivity index (χ1) is 10.3. The van der Waals surface area contributed by atoms with Gasteiger partial charge < -0.3 is 19.9 Å². The first kappa shape index (κ1) is 14.1. The highest BCUT2D eigenvalue weighted by atomic mass is 15.1. The summed E-state index contributed by atoms with van der Waals surface area (Å²) >= 11 is 0. The maximum atomic E-state index is 4.65. The number of rotatable bonds is 5. The number of nitrogens with one attached hydrogen (secondary N) is 2. The van der Waals surface area contributed by atoms with Crippen molar-refractivity contribution in [2.75, 3.05) is 43.9 Å². The van der Waals surface area contributed by atoms with Crippen LogP contribution in [0.15, 0.2) is 18.6 Å². The summed E-state index contributed by atoms with van der Waals surface area (Å²) in [5.41, 5.74) is 0.893. The van der Waals surface area contributed by atoms with Gasteiger partial charge in [0.2, 0.25) is 0 Å². The molecule has 0 saturated carbocycles. The lowest BCUT2D eigenvalue weighted by Crippen LogP contribution is -2.33. The normalized spacial score (nSPS) is 17.2. The Balaban J connectivity index is 1.71. The second-order valence-corrected chi connectivity index (χ2v) is 5.79. The van der Waals surface area contributed by atoms with E-state index in [2.05, 4.69) is 39.5 Å². The van der Waals surface area contributed by atoms with E-state index in [-0.39, 0.29) is 0 Å². The molecule has 0 amide bonds. The molecule has 1 fully saturated rings. The van der Waals surface area contributed by atoms with Gasteiger partial charge in [0.25, 0.3) is 0 Å². The molecule has 0 aromatic carbocycles. The molecule has 2 aromatic heterocycles. The van der Waals surface area contributed by atoms with Crippen molar-refractivity contribution < 1.29 is 0 Å². The van der Waals surface area contributed by atoms with Gasteiger partial charge in [-0.2, -0.15) is 0 Å². The van der Waals surface area contributed by atoms with Crippen LogP contribution < -0.4 is 10.6 Å². The molecular formula is C15H24N6. The maximum absolute atomic E-state index is 4.65. The monoisotopic (exact) mass is 288 g/mol. The molecule has 6 nitrogen and oxygen atoms in total. The highest BCUT2D eigenvalue weighted by molar-refractivity contribution is 5.65. The Morgan fingerprint density at radius 2 is 2.10 bits per heavy atom. The summed E-state index contributed by atoms with van der Waals surface area (Å²) in [6.45, 7) is 6.29. The molecule has 1 saturated heterocycles. The van der Waals surface area contributed by atoms with E-state index in [9.17, 15) is 0 Å². The minimum absolute atomic E-state index is 0.723. The van der Waals surface area contributed by atoms with E-state index in [0.29, 0.717) is 0 Å². The van der Waals surface area contributed by atoms with Crippen molar-refractivity contribution in [3.8, 4) is 0 Å². The minimum atomic E-state index is 0.723. The first-order valence-electron chi connectivity index (χ1n) is 7.76. The average Bonchev–Trinajstić information content (AvgIpc) is 2.95. The van der Waals surface area contributed by atoms with Crippen molar-refractivity contribution in [1.29, 1.82) is 0 Å². The quantitative estimate of drug-likeness (QED) is 0.880. The highest BCUT2D eigenvalue weighted by Crippen LogP contribution is 2.20. The van der Waals surface area contributed by atoms with Gasteiger partial charge in [0.1, 0.15) is 5.82 Å². The topological polar surface area (TPSA) is 57.5 Å². The summed E-state index contributed by atoms with van der Waals surface area (Å²) < 4.78 is 2.02. The van der Waals surface area contributed by atoms with Gasteiger partial charge in [0, 0.05) is 25.5 Å². The molecule has 2 N–H and O–H groups in total. The van der Waals surface area contributed by atoms with Gasteiger partial charge in [0.15, 0.2) is 11.5 Å². The molecule has 0 aliphatic carbocycles. The summed E-state index contributed by atoms with van der Waals surface area (Å²) in [7, 11) is 2.19. The van der Waals surface area contributed by atoms with Crippen molar-refractivity contribution in [3.05, 3.63) is 18.6 Å². The third kappa shape index (κ3) is 3.26. The second-order valence-electron chi connectivity index (χ2n) is 5.79. The standard InChI is InChI=1S/C15H24N6/c1-3-16-13-11-21-9-6-17-15(21)14(19-13)18-10-12-4-7-20(2)8-5-12/h6,9,11-12,16H,3-5,7-8,10H2,1-2H3,(H,18,19). The second kappa shape index (κ2) is 6.30. The van der Waals surface area contributed by atoms with Crippen molar-refractivity contribution in [2.24, 2.45) is 5.92 Å². The molecule has 0 bridgehead atoms. The molecular weight excluding hydrogens is 264 g/mol. The van der Waals surface area contributed by atoms with Crippen LogP contribution in [0.3, 0.4) is 0 Å². The van der Waals surface area contributed by atoms with Gasteiger partial charge in [-0.1, -0.05) is 0 Å². The fourth-order valence-electron chi connectivity index (χ4n) is 2.82. The molecule has 6 heteroatoms. The molecule has 114 valence electrons. The van der Waals surface area contributed by atoms with E-state index in [1.165, 1.54) is 25.9 Å². The SMILES string of the molecule is CCNc1cn2ccnc2c(NCC2CCN(C)CC2)n1. The number of hydrogen-bond acceptors (Lipinski definition) is 5. The molecule has 2 aromatic rings. The first-order valence-corrected chi connectivity index (χ1v) is 7.76. The molecule has 1 aliphatic rings.